The molecule has 0 atom stereocenters. The molecule has 0 bridgehead atoms. The van der Waals surface area contributed by atoms with E-state index in [4.69, 9.17) is 34.8 Å². The SMILES string of the molecule is Clc1cc(Cl)c(SCc2cn(Cc3ccccc3)nn2)c(Cl)c1. The van der Waals surface area contributed by atoms with Gasteiger partial charge in [0.05, 0.1) is 22.3 Å². The van der Waals surface area contributed by atoms with Gasteiger partial charge in [0.2, 0.25) is 0 Å². The lowest BCUT2D eigenvalue weighted by Crippen LogP contribution is -1.99. The van der Waals surface area contributed by atoms with E-state index in [0.29, 0.717) is 27.4 Å². The maximum atomic E-state index is 6.18. The van der Waals surface area contributed by atoms with E-state index in [2.05, 4.69) is 22.4 Å². The number of nitrogens with zero attached hydrogens (tertiary/aromatic N) is 3. The minimum absolute atomic E-state index is 0.526. The van der Waals surface area contributed by atoms with Crippen LogP contribution < -0.4 is 0 Å². The van der Waals surface area contributed by atoms with E-state index in [1.807, 2.05) is 29.1 Å². The van der Waals surface area contributed by atoms with Crippen molar-refractivity contribution in [3.63, 3.8) is 0 Å². The van der Waals surface area contributed by atoms with Gasteiger partial charge in [-0.05, 0) is 17.7 Å². The zero-order chi connectivity index (χ0) is 16.2. The van der Waals surface area contributed by atoms with Crippen LogP contribution in [0.15, 0.2) is 53.6 Å². The second-order valence-electron chi connectivity index (χ2n) is 4.88. The van der Waals surface area contributed by atoms with Crippen molar-refractivity contribution in [3.8, 4) is 0 Å². The largest absolute Gasteiger partial charge is 0.248 e. The Morgan fingerprint density at radius 3 is 2.39 bits per heavy atom. The summed E-state index contributed by atoms with van der Waals surface area (Å²) in [5, 5.41) is 9.95. The molecule has 0 saturated heterocycles. The second-order valence-corrected chi connectivity index (χ2v) is 7.12. The summed E-state index contributed by atoms with van der Waals surface area (Å²) in [5.74, 6) is 0.635. The quantitative estimate of drug-likeness (QED) is 0.538. The lowest BCUT2D eigenvalue weighted by Gasteiger charge is -2.06. The number of halogens is 3. The molecule has 0 radical (unpaired) electrons. The summed E-state index contributed by atoms with van der Waals surface area (Å²) >= 11 is 19.8. The van der Waals surface area contributed by atoms with Crippen LogP contribution in [-0.4, -0.2) is 15.0 Å². The Kier molecular flexibility index (Phi) is 5.49. The van der Waals surface area contributed by atoms with Gasteiger partial charge in [-0.1, -0.05) is 70.3 Å². The van der Waals surface area contributed by atoms with Crippen molar-refractivity contribution < 1.29 is 0 Å². The van der Waals surface area contributed by atoms with Gasteiger partial charge in [-0.25, -0.2) is 4.68 Å². The van der Waals surface area contributed by atoms with Crippen molar-refractivity contribution in [2.24, 2.45) is 0 Å². The first-order valence-corrected chi connectivity index (χ1v) is 8.94. The van der Waals surface area contributed by atoms with Gasteiger partial charge >= 0.3 is 0 Å². The van der Waals surface area contributed by atoms with Gasteiger partial charge in [-0.3, -0.25) is 0 Å². The highest BCUT2D eigenvalue weighted by Crippen LogP contribution is 2.37. The number of aromatic nitrogens is 3. The van der Waals surface area contributed by atoms with Crippen molar-refractivity contribution in [2.75, 3.05) is 0 Å². The number of hydrogen-bond acceptors (Lipinski definition) is 3. The molecule has 7 heteroatoms. The first-order chi connectivity index (χ1) is 11.1. The molecule has 1 aromatic heterocycles. The van der Waals surface area contributed by atoms with Crippen LogP contribution in [0.1, 0.15) is 11.3 Å². The molecule has 0 amide bonds. The van der Waals surface area contributed by atoms with Crippen LogP contribution in [0.5, 0.6) is 0 Å². The average molecular weight is 385 g/mol. The van der Waals surface area contributed by atoms with Gasteiger partial charge in [0.25, 0.3) is 0 Å². The van der Waals surface area contributed by atoms with E-state index < -0.39 is 0 Å². The molecule has 0 aliphatic heterocycles. The fourth-order valence-corrected chi connectivity index (χ4v) is 4.03. The van der Waals surface area contributed by atoms with Crippen molar-refractivity contribution in [2.45, 2.75) is 17.2 Å². The van der Waals surface area contributed by atoms with E-state index in [-0.39, 0.29) is 0 Å². The first-order valence-electron chi connectivity index (χ1n) is 6.82. The molecule has 0 fully saturated rings. The molecule has 0 spiro atoms. The normalized spacial score (nSPS) is 10.9. The lowest BCUT2D eigenvalue weighted by atomic mass is 10.2. The van der Waals surface area contributed by atoms with E-state index in [0.717, 1.165) is 10.6 Å². The van der Waals surface area contributed by atoms with Crippen LogP contribution in [0.25, 0.3) is 0 Å². The van der Waals surface area contributed by atoms with Crippen LogP contribution in [-0.2, 0) is 12.3 Å². The number of benzene rings is 2. The third kappa shape index (κ3) is 4.42. The van der Waals surface area contributed by atoms with Crippen molar-refractivity contribution in [1.82, 2.24) is 15.0 Å². The second kappa shape index (κ2) is 7.58. The molecule has 0 saturated carbocycles. The molecule has 3 rings (SSSR count). The number of rotatable bonds is 5. The van der Waals surface area contributed by atoms with Gasteiger partial charge in [0.1, 0.15) is 0 Å². The highest BCUT2D eigenvalue weighted by Gasteiger charge is 2.10. The van der Waals surface area contributed by atoms with Gasteiger partial charge in [-0.15, -0.1) is 16.9 Å². The predicted octanol–water partition coefficient (Wildman–Crippen LogP) is 5.58. The summed E-state index contributed by atoms with van der Waals surface area (Å²) in [4.78, 5) is 0.801. The van der Waals surface area contributed by atoms with E-state index >= 15 is 0 Å². The average Bonchev–Trinajstić information content (AvgIpc) is 2.94. The molecule has 0 N–H and O–H groups in total. The molecule has 1 heterocycles. The summed E-state index contributed by atoms with van der Waals surface area (Å²) in [6.45, 7) is 0.695. The van der Waals surface area contributed by atoms with Crippen LogP contribution in [0.3, 0.4) is 0 Å². The third-order valence-corrected chi connectivity index (χ3v) is 5.31. The summed E-state index contributed by atoms with van der Waals surface area (Å²) < 4.78 is 1.82. The lowest BCUT2D eigenvalue weighted by molar-refractivity contribution is 0.649. The molecular formula is C16H12Cl3N3S. The fourth-order valence-electron chi connectivity index (χ4n) is 2.07. The molecule has 3 nitrogen and oxygen atoms in total. The standard InChI is InChI=1S/C16H12Cl3N3S/c17-12-6-14(18)16(15(19)7-12)23-10-13-9-22(21-20-13)8-11-4-2-1-3-5-11/h1-7,9H,8,10H2. The summed E-state index contributed by atoms with van der Waals surface area (Å²) in [6, 6.07) is 13.5. The monoisotopic (exact) mass is 383 g/mol. The van der Waals surface area contributed by atoms with Gasteiger partial charge in [0.15, 0.2) is 0 Å². The van der Waals surface area contributed by atoms with E-state index in [1.54, 1.807) is 12.1 Å². The molecular weight excluding hydrogens is 373 g/mol. The van der Waals surface area contributed by atoms with Crippen LogP contribution in [0, 0.1) is 0 Å². The number of thioether (sulfide) groups is 1. The zero-order valence-corrected chi connectivity index (χ0v) is 15.0. The minimum atomic E-state index is 0.526. The summed E-state index contributed by atoms with van der Waals surface area (Å²) in [5.41, 5.74) is 2.05. The van der Waals surface area contributed by atoms with Crippen LogP contribution in [0.2, 0.25) is 15.1 Å². The highest BCUT2D eigenvalue weighted by atomic mass is 35.5. The molecule has 23 heavy (non-hydrogen) atoms. The molecule has 118 valence electrons. The maximum Gasteiger partial charge on any atom is 0.0929 e. The van der Waals surface area contributed by atoms with Crippen molar-refractivity contribution in [3.05, 3.63) is 75.0 Å². The maximum absolute atomic E-state index is 6.18. The molecule has 0 aliphatic rings. The first kappa shape index (κ1) is 16.7. The molecule has 0 unspecified atom stereocenters. The predicted molar refractivity (Wildman–Crippen MR) is 96.6 cm³/mol. The fraction of sp³-hybridized carbons (Fsp3) is 0.125. The highest BCUT2D eigenvalue weighted by molar-refractivity contribution is 7.98. The smallest absolute Gasteiger partial charge is 0.0929 e. The molecule has 0 aliphatic carbocycles. The van der Waals surface area contributed by atoms with E-state index in [1.165, 1.54) is 17.3 Å². The van der Waals surface area contributed by atoms with Crippen LogP contribution in [0.4, 0.5) is 0 Å². The molecule has 3 aromatic rings. The number of hydrogen-bond donors (Lipinski definition) is 0. The van der Waals surface area contributed by atoms with Crippen molar-refractivity contribution in [1.29, 1.82) is 0 Å². The zero-order valence-electron chi connectivity index (χ0n) is 11.9. The minimum Gasteiger partial charge on any atom is -0.248 e. The Hall–Kier alpha value is -1.20. The van der Waals surface area contributed by atoms with Gasteiger partial charge in [-0.2, -0.15) is 0 Å². The van der Waals surface area contributed by atoms with Crippen LogP contribution >= 0.6 is 46.6 Å². The van der Waals surface area contributed by atoms with E-state index in [9.17, 15) is 0 Å². The Morgan fingerprint density at radius 2 is 1.70 bits per heavy atom. The van der Waals surface area contributed by atoms with Crippen molar-refractivity contribution >= 4 is 46.6 Å². The molecule has 2 aromatic carbocycles. The van der Waals surface area contributed by atoms with Gasteiger partial charge in [0, 0.05) is 21.9 Å². The Morgan fingerprint density at radius 1 is 1.00 bits per heavy atom. The Labute approximate surface area is 153 Å². The Bertz CT molecular complexity index is 782. The Balaban J connectivity index is 1.66. The third-order valence-electron chi connectivity index (χ3n) is 3.10. The summed E-state index contributed by atoms with van der Waals surface area (Å²) in [7, 11) is 0. The topological polar surface area (TPSA) is 30.7 Å². The summed E-state index contributed by atoms with van der Waals surface area (Å²) in [6.07, 6.45) is 1.93. The van der Waals surface area contributed by atoms with Gasteiger partial charge < -0.3 is 0 Å².